The smallest absolute Gasteiger partial charge is 0.228 e. The molecule has 0 aromatic heterocycles. The molecule has 2 saturated heterocycles. The van der Waals surface area contributed by atoms with Crippen molar-refractivity contribution >= 4 is 17.5 Å². The predicted octanol–water partition coefficient (Wildman–Crippen LogP) is 2.85. The second-order valence-corrected chi connectivity index (χ2v) is 7.38. The van der Waals surface area contributed by atoms with E-state index in [2.05, 4.69) is 13.8 Å². The number of para-hydroxylation sites is 1. The Balaban J connectivity index is 1.72. The van der Waals surface area contributed by atoms with Crippen molar-refractivity contribution in [3.63, 3.8) is 0 Å². The summed E-state index contributed by atoms with van der Waals surface area (Å²) in [5, 5.41) is 0. The van der Waals surface area contributed by atoms with Crippen LogP contribution in [0, 0.1) is 24.7 Å². The standard InChI is InChI=1S/C19H26N2O2/c1-13-8-14(2)11-20(10-13)19(23)16-9-18(22)21(12-16)17-7-5-4-6-15(17)3/h4-7,13-14,16H,8-12H2,1-3H3/t13-,14-,16-/m0/s1. The van der Waals surface area contributed by atoms with E-state index in [0.29, 0.717) is 24.8 Å². The Bertz CT molecular complexity index is 603. The summed E-state index contributed by atoms with van der Waals surface area (Å²) in [6.07, 6.45) is 1.52. The van der Waals surface area contributed by atoms with Gasteiger partial charge in [-0.25, -0.2) is 0 Å². The van der Waals surface area contributed by atoms with Crippen molar-refractivity contribution < 1.29 is 9.59 Å². The highest BCUT2D eigenvalue weighted by Crippen LogP contribution is 2.30. The lowest BCUT2D eigenvalue weighted by Crippen LogP contribution is -2.45. The molecule has 2 aliphatic rings. The Morgan fingerprint density at radius 3 is 2.39 bits per heavy atom. The first-order chi connectivity index (χ1) is 11.0. The van der Waals surface area contributed by atoms with Crippen molar-refractivity contribution in [3.05, 3.63) is 29.8 Å². The predicted molar refractivity (Wildman–Crippen MR) is 91.2 cm³/mol. The largest absolute Gasteiger partial charge is 0.342 e. The van der Waals surface area contributed by atoms with Crippen LogP contribution in [0.25, 0.3) is 0 Å². The fourth-order valence-corrected chi connectivity index (χ4v) is 4.07. The lowest BCUT2D eigenvalue weighted by molar-refractivity contribution is -0.138. The number of nitrogens with zero attached hydrogens (tertiary/aromatic N) is 2. The molecule has 0 N–H and O–H groups in total. The highest BCUT2D eigenvalue weighted by molar-refractivity contribution is 6.00. The number of aryl methyl sites for hydroxylation is 1. The van der Waals surface area contributed by atoms with Crippen molar-refractivity contribution in [1.29, 1.82) is 0 Å². The molecular formula is C19H26N2O2. The molecule has 124 valence electrons. The van der Waals surface area contributed by atoms with Crippen LogP contribution in [0.15, 0.2) is 24.3 Å². The quantitative estimate of drug-likeness (QED) is 0.842. The number of piperidine rings is 1. The number of hydrogen-bond acceptors (Lipinski definition) is 2. The number of hydrogen-bond donors (Lipinski definition) is 0. The molecule has 2 fully saturated rings. The van der Waals surface area contributed by atoms with E-state index in [9.17, 15) is 9.59 Å². The van der Waals surface area contributed by atoms with E-state index in [1.54, 1.807) is 4.90 Å². The van der Waals surface area contributed by atoms with Gasteiger partial charge in [0.1, 0.15) is 0 Å². The van der Waals surface area contributed by atoms with Gasteiger partial charge in [0, 0.05) is 31.7 Å². The molecule has 3 atom stereocenters. The zero-order valence-electron chi connectivity index (χ0n) is 14.3. The van der Waals surface area contributed by atoms with Gasteiger partial charge < -0.3 is 9.80 Å². The monoisotopic (exact) mass is 314 g/mol. The number of benzene rings is 1. The third-order valence-electron chi connectivity index (χ3n) is 5.06. The second kappa shape index (κ2) is 6.34. The Kier molecular flexibility index (Phi) is 4.42. The summed E-state index contributed by atoms with van der Waals surface area (Å²) >= 11 is 0. The van der Waals surface area contributed by atoms with Crippen LogP contribution in [-0.2, 0) is 9.59 Å². The average molecular weight is 314 g/mol. The van der Waals surface area contributed by atoms with E-state index in [1.807, 2.05) is 36.1 Å². The van der Waals surface area contributed by atoms with E-state index in [-0.39, 0.29) is 17.7 Å². The molecule has 2 amide bonds. The van der Waals surface area contributed by atoms with E-state index >= 15 is 0 Å². The first kappa shape index (κ1) is 16.0. The minimum absolute atomic E-state index is 0.0655. The van der Waals surface area contributed by atoms with Crippen LogP contribution in [0.4, 0.5) is 5.69 Å². The third-order valence-corrected chi connectivity index (χ3v) is 5.06. The topological polar surface area (TPSA) is 40.6 Å². The van der Waals surface area contributed by atoms with Crippen LogP contribution >= 0.6 is 0 Å². The molecule has 1 aromatic rings. The molecule has 0 saturated carbocycles. The molecule has 0 spiro atoms. The third kappa shape index (κ3) is 3.26. The van der Waals surface area contributed by atoms with E-state index in [4.69, 9.17) is 0 Å². The summed E-state index contributed by atoms with van der Waals surface area (Å²) in [4.78, 5) is 29.0. The fourth-order valence-electron chi connectivity index (χ4n) is 4.07. The molecule has 4 heteroatoms. The molecule has 0 bridgehead atoms. The number of rotatable bonds is 2. The molecule has 1 aromatic carbocycles. The van der Waals surface area contributed by atoms with Crippen molar-refractivity contribution in [2.45, 2.75) is 33.6 Å². The van der Waals surface area contributed by atoms with Gasteiger partial charge in [0.2, 0.25) is 11.8 Å². The van der Waals surface area contributed by atoms with Crippen LogP contribution in [0.2, 0.25) is 0 Å². The highest BCUT2D eigenvalue weighted by Gasteiger charge is 2.39. The average Bonchev–Trinajstić information content (AvgIpc) is 2.88. The molecule has 0 radical (unpaired) electrons. The number of likely N-dealkylation sites (tertiary alicyclic amines) is 1. The SMILES string of the molecule is Cc1ccccc1N1C[C@@H](C(=O)N2C[C@@H](C)C[C@H](C)C2)CC1=O. The maximum absolute atomic E-state index is 12.8. The molecule has 2 heterocycles. The molecule has 0 aliphatic carbocycles. The number of amides is 2. The molecule has 4 nitrogen and oxygen atoms in total. The molecule has 3 rings (SSSR count). The minimum atomic E-state index is -0.195. The maximum atomic E-state index is 12.8. The Labute approximate surface area is 138 Å². The molecule has 0 unspecified atom stereocenters. The summed E-state index contributed by atoms with van der Waals surface area (Å²) in [7, 11) is 0. The van der Waals surface area contributed by atoms with Gasteiger partial charge in [-0.1, -0.05) is 32.0 Å². The lowest BCUT2D eigenvalue weighted by Gasteiger charge is -2.36. The van der Waals surface area contributed by atoms with Crippen molar-refractivity contribution in [1.82, 2.24) is 4.90 Å². The summed E-state index contributed by atoms with van der Waals surface area (Å²) in [5.74, 6) is 1.13. The second-order valence-electron chi connectivity index (χ2n) is 7.38. The Morgan fingerprint density at radius 1 is 1.09 bits per heavy atom. The number of carbonyl (C=O) groups is 2. The van der Waals surface area contributed by atoms with Crippen molar-refractivity contribution in [3.8, 4) is 0 Å². The summed E-state index contributed by atoms with van der Waals surface area (Å²) in [5.41, 5.74) is 2.02. The summed E-state index contributed by atoms with van der Waals surface area (Å²) < 4.78 is 0. The van der Waals surface area contributed by atoms with E-state index in [0.717, 1.165) is 24.3 Å². The van der Waals surface area contributed by atoms with Gasteiger partial charge in [0.25, 0.3) is 0 Å². The van der Waals surface area contributed by atoms with Crippen LogP contribution < -0.4 is 4.90 Å². The molecule has 2 aliphatic heterocycles. The number of carbonyl (C=O) groups excluding carboxylic acids is 2. The van der Waals surface area contributed by atoms with Crippen LogP contribution in [0.5, 0.6) is 0 Å². The van der Waals surface area contributed by atoms with Crippen LogP contribution in [0.3, 0.4) is 0 Å². The summed E-state index contributed by atoms with van der Waals surface area (Å²) in [6.45, 7) is 8.59. The number of anilines is 1. The first-order valence-electron chi connectivity index (χ1n) is 8.60. The van der Waals surface area contributed by atoms with Gasteiger partial charge >= 0.3 is 0 Å². The molecule has 23 heavy (non-hydrogen) atoms. The normalized spacial score (nSPS) is 28.3. The Morgan fingerprint density at radius 2 is 1.74 bits per heavy atom. The van der Waals surface area contributed by atoms with E-state index < -0.39 is 0 Å². The van der Waals surface area contributed by atoms with Gasteiger partial charge in [-0.05, 0) is 36.8 Å². The zero-order valence-corrected chi connectivity index (χ0v) is 14.3. The summed E-state index contributed by atoms with van der Waals surface area (Å²) in [6, 6.07) is 7.88. The lowest BCUT2D eigenvalue weighted by atomic mass is 9.91. The molecular weight excluding hydrogens is 288 g/mol. The van der Waals surface area contributed by atoms with Crippen LogP contribution in [-0.4, -0.2) is 36.3 Å². The van der Waals surface area contributed by atoms with Crippen LogP contribution in [0.1, 0.15) is 32.3 Å². The zero-order chi connectivity index (χ0) is 16.6. The fraction of sp³-hybridized carbons (Fsp3) is 0.579. The highest BCUT2D eigenvalue weighted by atomic mass is 16.2. The van der Waals surface area contributed by atoms with Crippen molar-refractivity contribution in [2.75, 3.05) is 24.5 Å². The van der Waals surface area contributed by atoms with Gasteiger partial charge in [-0.15, -0.1) is 0 Å². The van der Waals surface area contributed by atoms with E-state index in [1.165, 1.54) is 6.42 Å². The van der Waals surface area contributed by atoms with Crippen molar-refractivity contribution in [2.24, 2.45) is 17.8 Å². The van der Waals surface area contributed by atoms with Gasteiger partial charge in [-0.3, -0.25) is 9.59 Å². The minimum Gasteiger partial charge on any atom is -0.342 e. The maximum Gasteiger partial charge on any atom is 0.228 e. The Hall–Kier alpha value is -1.84. The van der Waals surface area contributed by atoms with Gasteiger partial charge in [-0.2, -0.15) is 0 Å². The first-order valence-corrected chi connectivity index (χ1v) is 8.60. The van der Waals surface area contributed by atoms with Gasteiger partial charge in [0.15, 0.2) is 0 Å². The van der Waals surface area contributed by atoms with Gasteiger partial charge in [0.05, 0.1) is 5.92 Å².